The lowest BCUT2D eigenvalue weighted by Gasteiger charge is -2.34. The minimum absolute atomic E-state index is 0.0114. The van der Waals surface area contributed by atoms with E-state index in [9.17, 15) is 18.0 Å². The van der Waals surface area contributed by atoms with Gasteiger partial charge in [-0.3, -0.25) is 13.9 Å². The lowest BCUT2D eigenvalue weighted by atomic mass is 10.1. The van der Waals surface area contributed by atoms with Crippen molar-refractivity contribution in [1.29, 1.82) is 0 Å². The molecule has 40 heavy (non-hydrogen) atoms. The molecule has 0 aliphatic heterocycles. The first-order valence-electron chi connectivity index (χ1n) is 13.5. The Kier molecular flexibility index (Phi) is 10.8. The molecule has 0 aliphatic carbocycles. The van der Waals surface area contributed by atoms with E-state index in [1.165, 1.54) is 29.2 Å². The van der Waals surface area contributed by atoms with Crippen LogP contribution >= 0.6 is 11.6 Å². The number of anilines is 1. The molecule has 3 rings (SSSR count). The molecule has 214 valence electrons. The summed E-state index contributed by atoms with van der Waals surface area (Å²) >= 11 is 6.01. The van der Waals surface area contributed by atoms with Crippen molar-refractivity contribution in [3.8, 4) is 0 Å². The molecule has 3 aromatic rings. The molecule has 9 heteroatoms. The van der Waals surface area contributed by atoms with E-state index in [2.05, 4.69) is 5.32 Å². The van der Waals surface area contributed by atoms with Crippen LogP contribution in [-0.2, 0) is 26.2 Å². The van der Waals surface area contributed by atoms with Gasteiger partial charge >= 0.3 is 0 Å². The lowest BCUT2D eigenvalue weighted by Crippen LogP contribution is -2.53. The molecule has 1 N–H and O–H groups in total. The summed E-state index contributed by atoms with van der Waals surface area (Å²) in [6.45, 7) is 9.27. The Hall–Kier alpha value is -3.36. The minimum Gasteiger partial charge on any atom is -0.352 e. The van der Waals surface area contributed by atoms with Crippen LogP contribution < -0.4 is 9.62 Å². The van der Waals surface area contributed by atoms with Crippen molar-refractivity contribution in [3.05, 3.63) is 94.5 Å². The summed E-state index contributed by atoms with van der Waals surface area (Å²) in [6, 6.07) is 19.6. The fourth-order valence-corrected chi connectivity index (χ4v) is 5.85. The van der Waals surface area contributed by atoms with Gasteiger partial charge in [0.1, 0.15) is 12.6 Å². The Labute approximate surface area is 243 Å². The van der Waals surface area contributed by atoms with Crippen LogP contribution in [0, 0.1) is 13.8 Å². The Morgan fingerprint density at radius 2 is 1.52 bits per heavy atom. The number of nitrogens with zero attached hydrogens (tertiary/aromatic N) is 2. The van der Waals surface area contributed by atoms with Gasteiger partial charge in [0.25, 0.3) is 10.0 Å². The van der Waals surface area contributed by atoms with Crippen molar-refractivity contribution in [1.82, 2.24) is 10.2 Å². The quantitative estimate of drug-likeness (QED) is 0.289. The summed E-state index contributed by atoms with van der Waals surface area (Å²) < 4.78 is 28.9. The molecule has 0 spiro atoms. The Balaban J connectivity index is 2.06. The average molecular weight is 584 g/mol. The molecule has 0 fully saturated rings. The van der Waals surface area contributed by atoms with E-state index in [4.69, 9.17) is 11.6 Å². The van der Waals surface area contributed by atoms with E-state index < -0.39 is 28.5 Å². The molecule has 2 atom stereocenters. The normalized spacial score (nSPS) is 12.8. The van der Waals surface area contributed by atoms with Crippen molar-refractivity contribution >= 4 is 39.1 Å². The molecular weight excluding hydrogens is 546 g/mol. The standard InChI is InChI=1S/C31H38ClN3O4S/c1-6-24(5)33-31(37)29(7-2)34(20-25-11-9-8-10-23(25)4)30(36)21-35(27-16-12-22(3)13-17-27)40(38,39)28-18-14-26(32)15-19-28/h8-19,24,29H,6-7,20-21H2,1-5H3,(H,33,37)/t24-,29+/m1/s1. The molecule has 0 bridgehead atoms. The maximum atomic E-state index is 14.1. The second-order valence-electron chi connectivity index (χ2n) is 9.99. The van der Waals surface area contributed by atoms with Gasteiger partial charge in [0.2, 0.25) is 11.8 Å². The van der Waals surface area contributed by atoms with Gasteiger partial charge in [0.15, 0.2) is 0 Å². The number of amides is 2. The third-order valence-corrected chi connectivity index (χ3v) is 9.03. The summed E-state index contributed by atoms with van der Waals surface area (Å²) in [5.41, 5.74) is 3.16. The highest BCUT2D eigenvalue weighted by atomic mass is 35.5. The van der Waals surface area contributed by atoms with Crippen molar-refractivity contribution in [2.45, 2.75) is 71.0 Å². The number of hydrogen-bond acceptors (Lipinski definition) is 4. The summed E-state index contributed by atoms with van der Waals surface area (Å²) in [5, 5.41) is 3.39. The third kappa shape index (κ3) is 7.64. The molecule has 0 aliphatic rings. The minimum atomic E-state index is -4.14. The molecule has 0 saturated carbocycles. The number of hydrogen-bond donors (Lipinski definition) is 1. The van der Waals surface area contributed by atoms with Gasteiger partial charge in [-0.05, 0) is 81.1 Å². The topological polar surface area (TPSA) is 86.8 Å². The van der Waals surface area contributed by atoms with Crippen LogP contribution in [0.15, 0.2) is 77.7 Å². The van der Waals surface area contributed by atoms with E-state index >= 15 is 0 Å². The predicted octanol–water partition coefficient (Wildman–Crippen LogP) is 5.87. The van der Waals surface area contributed by atoms with Crippen molar-refractivity contribution in [2.24, 2.45) is 0 Å². The van der Waals surface area contributed by atoms with Gasteiger partial charge in [0, 0.05) is 17.6 Å². The van der Waals surface area contributed by atoms with Crippen molar-refractivity contribution in [2.75, 3.05) is 10.8 Å². The number of rotatable bonds is 12. The highest BCUT2D eigenvalue weighted by molar-refractivity contribution is 7.92. The highest BCUT2D eigenvalue weighted by Crippen LogP contribution is 2.26. The van der Waals surface area contributed by atoms with E-state index in [1.54, 1.807) is 24.3 Å². The van der Waals surface area contributed by atoms with Crippen LogP contribution in [-0.4, -0.2) is 43.8 Å². The fourth-order valence-electron chi connectivity index (χ4n) is 4.31. The maximum Gasteiger partial charge on any atom is 0.264 e. The number of nitrogens with one attached hydrogen (secondary N) is 1. The zero-order valence-electron chi connectivity index (χ0n) is 23.7. The SMILES string of the molecule is CC[C@@H](C)NC(=O)[C@H](CC)N(Cc1ccccc1C)C(=O)CN(c1ccc(C)cc1)S(=O)(=O)c1ccc(Cl)cc1. The van der Waals surface area contributed by atoms with E-state index in [1.807, 2.05) is 58.9 Å². The predicted molar refractivity (Wildman–Crippen MR) is 161 cm³/mol. The summed E-state index contributed by atoms with van der Waals surface area (Å²) in [5.74, 6) is -0.742. The number of carbonyl (C=O) groups is 2. The van der Waals surface area contributed by atoms with Crippen molar-refractivity contribution < 1.29 is 18.0 Å². The first-order chi connectivity index (χ1) is 19.0. The highest BCUT2D eigenvalue weighted by Gasteiger charge is 2.34. The number of aryl methyl sites for hydroxylation is 2. The van der Waals surface area contributed by atoms with Crippen LogP contribution in [0.3, 0.4) is 0 Å². The van der Waals surface area contributed by atoms with Gasteiger partial charge in [-0.1, -0.05) is 67.4 Å². The Morgan fingerprint density at radius 1 is 0.900 bits per heavy atom. The first-order valence-corrected chi connectivity index (χ1v) is 15.3. The molecular formula is C31H38ClN3O4S. The molecule has 0 saturated heterocycles. The Morgan fingerprint density at radius 3 is 2.10 bits per heavy atom. The van der Waals surface area contributed by atoms with Crippen LogP contribution in [0.2, 0.25) is 5.02 Å². The molecule has 0 aromatic heterocycles. The monoisotopic (exact) mass is 583 g/mol. The van der Waals surface area contributed by atoms with E-state index in [0.29, 0.717) is 17.1 Å². The molecule has 7 nitrogen and oxygen atoms in total. The molecule has 2 amide bonds. The van der Waals surface area contributed by atoms with Crippen LogP contribution in [0.5, 0.6) is 0 Å². The van der Waals surface area contributed by atoms with Crippen LogP contribution in [0.25, 0.3) is 0 Å². The summed E-state index contributed by atoms with van der Waals surface area (Å²) in [4.78, 5) is 29.0. The maximum absolute atomic E-state index is 14.1. The van der Waals surface area contributed by atoms with Gasteiger partial charge in [0.05, 0.1) is 10.6 Å². The van der Waals surface area contributed by atoms with Gasteiger partial charge in [-0.2, -0.15) is 0 Å². The fraction of sp³-hybridized carbons (Fsp3) is 0.355. The number of carbonyl (C=O) groups excluding carboxylic acids is 2. The third-order valence-electron chi connectivity index (χ3n) is 6.99. The number of sulfonamides is 1. The van der Waals surface area contributed by atoms with Gasteiger partial charge in [-0.25, -0.2) is 8.42 Å². The number of halogens is 1. The second kappa shape index (κ2) is 13.8. The Bertz CT molecular complexity index is 1410. The van der Waals surface area contributed by atoms with Gasteiger partial charge in [-0.15, -0.1) is 0 Å². The molecule has 0 heterocycles. The van der Waals surface area contributed by atoms with Crippen molar-refractivity contribution in [3.63, 3.8) is 0 Å². The molecule has 0 radical (unpaired) electrons. The lowest BCUT2D eigenvalue weighted by molar-refractivity contribution is -0.140. The van der Waals surface area contributed by atoms with E-state index in [0.717, 1.165) is 27.4 Å². The van der Waals surface area contributed by atoms with Crippen LogP contribution in [0.4, 0.5) is 5.69 Å². The van der Waals surface area contributed by atoms with E-state index in [-0.39, 0.29) is 23.4 Å². The molecule has 0 unspecified atom stereocenters. The number of benzene rings is 3. The largest absolute Gasteiger partial charge is 0.352 e. The summed E-state index contributed by atoms with van der Waals surface area (Å²) in [6.07, 6.45) is 1.11. The smallest absolute Gasteiger partial charge is 0.264 e. The van der Waals surface area contributed by atoms with Gasteiger partial charge < -0.3 is 10.2 Å². The zero-order chi connectivity index (χ0) is 29.4. The van der Waals surface area contributed by atoms with Crippen LogP contribution in [0.1, 0.15) is 50.3 Å². The molecule has 3 aromatic carbocycles. The summed E-state index contributed by atoms with van der Waals surface area (Å²) in [7, 11) is -4.14. The zero-order valence-corrected chi connectivity index (χ0v) is 25.3. The first kappa shape index (κ1) is 31.2. The second-order valence-corrected chi connectivity index (χ2v) is 12.3. The average Bonchev–Trinajstić information content (AvgIpc) is 2.93.